The number of nitrogens with zero attached hydrogens (tertiary/aromatic N) is 4. The topological polar surface area (TPSA) is 110 Å². The third-order valence-corrected chi connectivity index (χ3v) is 1.99. The quantitative estimate of drug-likeness (QED) is 0.541. The molecule has 2 rings (SSSR count). The highest BCUT2D eigenvalue weighted by Crippen LogP contribution is 2.22. The van der Waals surface area contributed by atoms with E-state index >= 15 is 0 Å². The molecule has 0 fully saturated rings. The largest absolute Gasteiger partial charge is 0.396 e. The molecule has 0 amide bonds. The second-order valence-corrected chi connectivity index (χ2v) is 2.87. The first-order chi connectivity index (χ1) is 7.13. The maximum Gasteiger partial charge on any atom is 0.289 e. The molecule has 0 bridgehead atoms. The van der Waals surface area contributed by atoms with Crippen LogP contribution in [0.3, 0.4) is 0 Å². The number of hydrogen-bond donors (Lipinski definition) is 1. The van der Waals surface area contributed by atoms with Crippen molar-refractivity contribution < 1.29 is 4.92 Å². The number of anilines is 1. The van der Waals surface area contributed by atoms with Gasteiger partial charge in [-0.25, -0.2) is 4.52 Å². The van der Waals surface area contributed by atoms with Crippen LogP contribution in [0, 0.1) is 21.4 Å². The summed E-state index contributed by atoms with van der Waals surface area (Å²) in [5, 5.41) is 23.0. The molecule has 2 aromatic rings. The lowest BCUT2D eigenvalue weighted by atomic mass is 10.2. The zero-order chi connectivity index (χ0) is 11.0. The van der Waals surface area contributed by atoms with Crippen LogP contribution in [-0.2, 0) is 0 Å². The lowest BCUT2D eigenvalue weighted by Gasteiger charge is -1.98. The number of aromatic nitrogens is 2. The number of fused-ring (bicyclic) bond motifs is 1. The van der Waals surface area contributed by atoms with E-state index in [0.29, 0.717) is 5.52 Å². The molecule has 2 heterocycles. The Morgan fingerprint density at radius 1 is 1.67 bits per heavy atom. The Kier molecular flexibility index (Phi) is 1.76. The molecule has 0 atom stereocenters. The molecule has 0 spiro atoms. The van der Waals surface area contributed by atoms with Crippen LogP contribution in [0.2, 0.25) is 0 Å². The number of hydrogen-bond acceptors (Lipinski definition) is 5. The third-order valence-electron chi connectivity index (χ3n) is 1.99. The number of rotatable bonds is 1. The summed E-state index contributed by atoms with van der Waals surface area (Å²) in [5.41, 5.74) is 6.29. The fourth-order valence-corrected chi connectivity index (χ4v) is 1.25. The van der Waals surface area contributed by atoms with E-state index in [1.807, 2.05) is 6.07 Å². The number of nitrogen functional groups attached to an aromatic ring is 1. The van der Waals surface area contributed by atoms with Crippen molar-refractivity contribution in [1.82, 2.24) is 9.61 Å². The molecule has 0 aromatic carbocycles. The van der Waals surface area contributed by atoms with Crippen molar-refractivity contribution in [3.8, 4) is 6.07 Å². The van der Waals surface area contributed by atoms with Crippen molar-refractivity contribution in [2.24, 2.45) is 0 Å². The molecule has 7 heteroatoms. The summed E-state index contributed by atoms with van der Waals surface area (Å²) in [6.45, 7) is 0. The fourth-order valence-electron chi connectivity index (χ4n) is 1.25. The van der Waals surface area contributed by atoms with Gasteiger partial charge in [0.25, 0.3) is 5.69 Å². The molecule has 0 unspecified atom stereocenters. The Hall–Kier alpha value is -2.62. The minimum absolute atomic E-state index is 0.107. The molecule has 0 aliphatic carbocycles. The van der Waals surface area contributed by atoms with Crippen LogP contribution in [0.1, 0.15) is 5.56 Å². The molecule has 2 aromatic heterocycles. The Bertz CT molecular complexity index is 595. The van der Waals surface area contributed by atoms with Gasteiger partial charge in [-0.05, 0) is 0 Å². The average molecular weight is 203 g/mol. The molecule has 15 heavy (non-hydrogen) atoms. The smallest absolute Gasteiger partial charge is 0.289 e. The summed E-state index contributed by atoms with van der Waals surface area (Å²) < 4.78 is 1.27. The van der Waals surface area contributed by atoms with Gasteiger partial charge in [-0.15, -0.1) is 0 Å². The fraction of sp³-hybridized carbons (Fsp3) is 0. The maximum atomic E-state index is 10.5. The number of nitriles is 1. The van der Waals surface area contributed by atoms with Gasteiger partial charge in [-0.3, -0.25) is 10.1 Å². The Labute approximate surface area is 83.5 Å². The van der Waals surface area contributed by atoms with Crippen molar-refractivity contribution >= 4 is 16.9 Å². The summed E-state index contributed by atoms with van der Waals surface area (Å²) in [5.74, 6) is 0. The Morgan fingerprint density at radius 3 is 3.00 bits per heavy atom. The second kappa shape index (κ2) is 2.95. The Balaban J connectivity index is 2.78. The zero-order valence-corrected chi connectivity index (χ0v) is 7.41. The normalized spacial score (nSPS) is 10.1. The van der Waals surface area contributed by atoms with Crippen molar-refractivity contribution in [2.75, 3.05) is 5.73 Å². The zero-order valence-electron chi connectivity index (χ0n) is 7.41. The van der Waals surface area contributed by atoms with Crippen molar-refractivity contribution in [2.45, 2.75) is 0 Å². The summed E-state index contributed by atoms with van der Waals surface area (Å²) in [7, 11) is 0. The van der Waals surface area contributed by atoms with Crippen LogP contribution in [0.5, 0.6) is 0 Å². The van der Waals surface area contributed by atoms with Gasteiger partial charge in [0.2, 0.25) is 0 Å². The number of nitro groups is 1. The predicted octanol–water partition coefficient (Wildman–Crippen LogP) is 0.696. The first-order valence-electron chi connectivity index (χ1n) is 3.95. The van der Waals surface area contributed by atoms with Gasteiger partial charge in [0, 0.05) is 6.07 Å². The van der Waals surface area contributed by atoms with Crippen molar-refractivity contribution in [3.05, 3.63) is 34.1 Å². The van der Waals surface area contributed by atoms with Crippen LogP contribution < -0.4 is 5.73 Å². The molecular formula is C8H5N5O2. The molecule has 0 radical (unpaired) electrons. The molecule has 74 valence electrons. The summed E-state index contributed by atoms with van der Waals surface area (Å²) in [6, 6.07) is 3.14. The van der Waals surface area contributed by atoms with Crippen LogP contribution >= 0.6 is 0 Å². The summed E-state index contributed by atoms with van der Waals surface area (Å²) in [4.78, 5) is 9.95. The summed E-state index contributed by atoms with van der Waals surface area (Å²) in [6.07, 6.45) is 2.51. The van der Waals surface area contributed by atoms with E-state index in [4.69, 9.17) is 11.0 Å². The van der Waals surface area contributed by atoms with Gasteiger partial charge in [-0.1, -0.05) is 0 Å². The summed E-state index contributed by atoms with van der Waals surface area (Å²) >= 11 is 0. The molecule has 0 saturated heterocycles. The molecule has 0 aliphatic rings. The van der Waals surface area contributed by atoms with Gasteiger partial charge in [0.05, 0.1) is 27.9 Å². The Morgan fingerprint density at radius 2 is 2.40 bits per heavy atom. The highest BCUT2D eigenvalue weighted by molar-refractivity contribution is 5.77. The second-order valence-electron chi connectivity index (χ2n) is 2.87. The first kappa shape index (κ1) is 8.96. The average Bonchev–Trinajstić information content (AvgIpc) is 2.63. The van der Waals surface area contributed by atoms with E-state index in [9.17, 15) is 10.1 Å². The highest BCUT2D eigenvalue weighted by Gasteiger charge is 2.13. The van der Waals surface area contributed by atoms with E-state index in [-0.39, 0.29) is 16.9 Å². The standard InChI is InChI=1S/C8H5N5O2/c9-2-5-3-11-12-4-6(13(14)15)1-7(12)8(5)10/h1,3-4H,10H2. The lowest BCUT2D eigenvalue weighted by Crippen LogP contribution is -1.98. The van der Waals surface area contributed by atoms with Crippen LogP contribution in [-0.4, -0.2) is 14.5 Å². The van der Waals surface area contributed by atoms with Crippen molar-refractivity contribution in [3.63, 3.8) is 0 Å². The van der Waals surface area contributed by atoms with E-state index in [1.165, 1.54) is 23.0 Å². The predicted molar refractivity (Wildman–Crippen MR) is 51.0 cm³/mol. The molecular weight excluding hydrogens is 198 g/mol. The van der Waals surface area contributed by atoms with Gasteiger partial charge < -0.3 is 5.73 Å². The maximum absolute atomic E-state index is 10.5. The number of nitrogens with two attached hydrogens (primary N) is 1. The van der Waals surface area contributed by atoms with E-state index in [2.05, 4.69) is 5.10 Å². The minimum Gasteiger partial charge on any atom is -0.396 e. The lowest BCUT2D eigenvalue weighted by molar-refractivity contribution is -0.384. The molecule has 7 nitrogen and oxygen atoms in total. The molecule has 2 N–H and O–H groups in total. The van der Waals surface area contributed by atoms with Gasteiger partial charge >= 0.3 is 0 Å². The van der Waals surface area contributed by atoms with Crippen molar-refractivity contribution in [1.29, 1.82) is 5.26 Å². The highest BCUT2D eigenvalue weighted by atomic mass is 16.6. The minimum atomic E-state index is -0.542. The van der Waals surface area contributed by atoms with Crippen LogP contribution in [0.4, 0.5) is 11.4 Å². The molecule has 0 saturated carbocycles. The van der Waals surface area contributed by atoms with Gasteiger partial charge in [0.1, 0.15) is 12.3 Å². The first-order valence-corrected chi connectivity index (χ1v) is 3.95. The monoisotopic (exact) mass is 203 g/mol. The van der Waals surface area contributed by atoms with Gasteiger partial charge in [0.15, 0.2) is 0 Å². The molecule has 0 aliphatic heterocycles. The van der Waals surface area contributed by atoms with E-state index in [0.717, 1.165) is 0 Å². The SMILES string of the molecule is N#Cc1cnn2cc([N+](=O)[O-])cc2c1N. The van der Waals surface area contributed by atoms with E-state index in [1.54, 1.807) is 0 Å². The van der Waals surface area contributed by atoms with Crippen LogP contribution in [0.15, 0.2) is 18.5 Å². The van der Waals surface area contributed by atoms with Crippen LogP contribution in [0.25, 0.3) is 5.52 Å². The third kappa shape index (κ3) is 1.24. The van der Waals surface area contributed by atoms with Gasteiger partial charge in [-0.2, -0.15) is 10.4 Å². The van der Waals surface area contributed by atoms with E-state index < -0.39 is 4.92 Å².